The molecule has 1 heterocycles. The molecular formula is C16H20N2O3. The van der Waals surface area contributed by atoms with Crippen LogP contribution in [0.15, 0.2) is 36.5 Å². The second kappa shape index (κ2) is 7.50. The van der Waals surface area contributed by atoms with Crippen LogP contribution in [-0.2, 0) is 13.2 Å². The zero-order valence-corrected chi connectivity index (χ0v) is 12.6. The molecule has 0 amide bonds. The van der Waals surface area contributed by atoms with Crippen molar-refractivity contribution in [2.75, 3.05) is 21.3 Å². The molecule has 5 nitrogen and oxygen atoms in total. The zero-order valence-electron chi connectivity index (χ0n) is 12.6. The number of aromatic nitrogens is 1. The van der Waals surface area contributed by atoms with Crippen LogP contribution in [0.25, 0.3) is 0 Å². The maximum atomic E-state index is 5.87. The maximum absolute atomic E-state index is 5.87. The SMILES string of the molecule is CNCc1ccc(OC)c(OCc2cccnc2OC)c1. The van der Waals surface area contributed by atoms with Crippen LogP contribution in [0.4, 0.5) is 0 Å². The molecule has 2 aromatic rings. The molecule has 2 rings (SSSR count). The molecule has 0 radical (unpaired) electrons. The Balaban J connectivity index is 2.16. The van der Waals surface area contributed by atoms with E-state index in [0.717, 1.165) is 17.7 Å². The molecule has 1 aromatic carbocycles. The Kier molecular flexibility index (Phi) is 5.40. The molecule has 112 valence electrons. The zero-order chi connectivity index (χ0) is 15.1. The van der Waals surface area contributed by atoms with Crippen LogP contribution in [0.1, 0.15) is 11.1 Å². The summed E-state index contributed by atoms with van der Waals surface area (Å²) >= 11 is 0. The van der Waals surface area contributed by atoms with E-state index in [4.69, 9.17) is 14.2 Å². The van der Waals surface area contributed by atoms with Gasteiger partial charge in [-0.15, -0.1) is 0 Å². The number of benzene rings is 1. The van der Waals surface area contributed by atoms with Crippen LogP contribution in [0.3, 0.4) is 0 Å². The van der Waals surface area contributed by atoms with Gasteiger partial charge in [0.05, 0.1) is 19.8 Å². The Labute approximate surface area is 124 Å². The molecule has 21 heavy (non-hydrogen) atoms. The van der Waals surface area contributed by atoms with Gasteiger partial charge in [-0.25, -0.2) is 4.98 Å². The first-order chi connectivity index (χ1) is 10.3. The Morgan fingerprint density at radius 2 is 1.95 bits per heavy atom. The monoisotopic (exact) mass is 288 g/mol. The van der Waals surface area contributed by atoms with Crippen LogP contribution < -0.4 is 19.5 Å². The number of pyridine rings is 1. The number of methoxy groups -OCH3 is 2. The summed E-state index contributed by atoms with van der Waals surface area (Å²) in [5, 5.41) is 3.11. The molecule has 0 aliphatic carbocycles. The van der Waals surface area contributed by atoms with Crippen LogP contribution in [0.5, 0.6) is 17.4 Å². The van der Waals surface area contributed by atoms with Crippen LogP contribution in [0.2, 0.25) is 0 Å². The highest BCUT2D eigenvalue weighted by Crippen LogP contribution is 2.29. The molecule has 0 bridgehead atoms. The van der Waals surface area contributed by atoms with E-state index < -0.39 is 0 Å². The first kappa shape index (κ1) is 15.1. The van der Waals surface area contributed by atoms with Crippen molar-refractivity contribution < 1.29 is 14.2 Å². The molecule has 0 aliphatic heterocycles. The third-order valence-electron chi connectivity index (χ3n) is 3.04. The van der Waals surface area contributed by atoms with E-state index in [2.05, 4.69) is 10.3 Å². The van der Waals surface area contributed by atoms with E-state index in [9.17, 15) is 0 Å². The number of rotatable bonds is 7. The lowest BCUT2D eigenvalue weighted by Crippen LogP contribution is -2.06. The van der Waals surface area contributed by atoms with Gasteiger partial charge in [0, 0.05) is 12.7 Å². The average molecular weight is 288 g/mol. The fourth-order valence-electron chi connectivity index (χ4n) is 2.02. The number of nitrogens with zero attached hydrogens (tertiary/aromatic N) is 1. The molecular weight excluding hydrogens is 268 g/mol. The van der Waals surface area contributed by atoms with E-state index in [1.807, 2.05) is 37.4 Å². The first-order valence-corrected chi connectivity index (χ1v) is 6.70. The number of ether oxygens (including phenoxy) is 3. The van der Waals surface area contributed by atoms with E-state index in [1.165, 1.54) is 0 Å². The van der Waals surface area contributed by atoms with Crippen molar-refractivity contribution in [3.8, 4) is 17.4 Å². The summed E-state index contributed by atoms with van der Waals surface area (Å²) in [4.78, 5) is 4.16. The summed E-state index contributed by atoms with van der Waals surface area (Å²) in [5.41, 5.74) is 2.02. The molecule has 0 fully saturated rings. The topological polar surface area (TPSA) is 52.6 Å². The lowest BCUT2D eigenvalue weighted by atomic mass is 10.2. The number of hydrogen-bond donors (Lipinski definition) is 1. The quantitative estimate of drug-likeness (QED) is 0.848. The van der Waals surface area contributed by atoms with E-state index >= 15 is 0 Å². The second-order valence-corrected chi connectivity index (χ2v) is 4.48. The summed E-state index contributed by atoms with van der Waals surface area (Å²) in [6.45, 7) is 1.15. The fraction of sp³-hybridized carbons (Fsp3) is 0.312. The van der Waals surface area contributed by atoms with Crippen molar-refractivity contribution >= 4 is 0 Å². The van der Waals surface area contributed by atoms with Crippen molar-refractivity contribution in [2.45, 2.75) is 13.2 Å². The predicted octanol–water partition coefficient (Wildman–Crippen LogP) is 2.40. The van der Waals surface area contributed by atoms with E-state index in [1.54, 1.807) is 20.4 Å². The van der Waals surface area contributed by atoms with E-state index in [-0.39, 0.29) is 0 Å². The van der Waals surface area contributed by atoms with Gasteiger partial charge in [0.25, 0.3) is 0 Å². The maximum Gasteiger partial charge on any atom is 0.219 e. The van der Waals surface area contributed by atoms with Gasteiger partial charge in [0.1, 0.15) is 6.61 Å². The summed E-state index contributed by atoms with van der Waals surface area (Å²) in [6.07, 6.45) is 1.69. The lowest BCUT2D eigenvalue weighted by molar-refractivity contribution is 0.276. The summed E-state index contributed by atoms with van der Waals surface area (Å²) < 4.78 is 16.4. The Bertz CT molecular complexity index is 587. The van der Waals surface area contributed by atoms with Gasteiger partial charge in [0.2, 0.25) is 5.88 Å². The third kappa shape index (κ3) is 3.86. The highest BCUT2D eigenvalue weighted by Gasteiger charge is 2.09. The third-order valence-corrected chi connectivity index (χ3v) is 3.04. The average Bonchev–Trinajstić information content (AvgIpc) is 2.53. The van der Waals surface area contributed by atoms with Crippen molar-refractivity contribution in [2.24, 2.45) is 0 Å². The lowest BCUT2D eigenvalue weighted by Gasteiger charge is -2.13. The van der Waals surface area contributed by atoms with Gasteiger partial charge >= 0.3 is 0 Å². The number of nitrogens with one attached hydrogen (secondary N) is 1. The minimum absolute atomic E-state index is 0.371. The largest absolute Gasteiger partial charge is 0.493 e. The van der Waals surface area contributed by atoms with Crippen LogP contribution in [-0.4, -0.2) is 26.3 Å². The van der Waals surface area contributed by atoms with Crippen molar-refractivity contribution in [3.05, 3.63) is 47.7 Å². The van der Waals surface area contributed by atoms with Gasteiger partial charge in [0.15, 0.2) is 11.5 Å². The molecule has 0 atom stereocenters. The fourth-order valence-corrected chi connectivity index (χ4v) is 2.02. The van der Waals surface area contributed by atoms with E-state index in [0.29, 0.717) is 24.0 Å². The normalized spacial score (nSPS) is 10.2. The molecule has 0 unspecified atom stereocenters. The molecule has 0 spiro atoms. The predicted molar refractivity (Wildman–Crippen MR) is 80.9 cm³/mol. The van der Waals surface area contributed by atoms with Gasteiger partial charge in [-0.05, 0) is 36.9 Å². The van der Waals surface area contributed by atoms with Gasteiger partial charge in [-0.2, -0.15) is 0 Å². The highest BCUT2D eigenvalue weighted by atomic mass is 16.5. The minimum atomic E-state index is 0.371. The highest BCUT2D eigenvalue weighted by molar-refractivity contribution is 5.43. The van der Waals surface area contributed by atoms with Crippen molar-refractivity contribution in [1.29, 1.82) is 0 Å². The van der Waals surface area contributed by atoms with Crippen molar-refractivity contribution in [1.82, 2.24) is 10.3 Å². The standard InChI is InChI=1S/C16H20N2O3/c1-17-10-12-6-7-14(19-2)15(9-12)21-11-13-5-4-8-18-16(13)20-3/h4-9,17H,10-11H2,1-3H3. The Hall–Kier alpha value is -2.27. The smallest absolute Gasteiger partial charge is 0.219 e. The Morgan fingerprint density at radius 1 is 1.10 bits per heavy atom. The summed E-state index contributed by atoms with van der Waals surface area (Å²) in [7, 11) is 5.13. The molecule has 0 aliphatic rings. The molecule has 0 saturated heterocycles. The summed E-state index contributed by atoms with van der Waals surface area (Å²) in [6, 6.07) is 9.67. The second-order valence-electron chi connectivity index (χ2n) is 4.48. The molecule has 0 saturated carbocycles. The summed E-state index contributed by atoms with van der Waals surface area (Å²) in [5.74, 6) is 1.98. The molecule has 5 heteroatoms. The van der Waals surface area contributed by atoms with Crippen LogP contribution in [0, 0.1) is 0 Å². The Morgan fingerprint density at radius 3 is 2.67 bits per heavy atom. The van der Waals surface area contributed by atoms with Gasteiger partial charge in [-0.3, -0.25) is 0 Å². The van der Waals surface area contributed by atoms with Crippen LogP contribution >= 0.6 is 0 Å². The van der Waals surface area contributed by atoms with Gasteiger partial charge in [-0.1, -0.05) is 6.07 Å². The number of hydrogen-bond acceptors (Lipinski definition) is 5. The minimum Gasteiger partial charge on any atom is -0.493 e. The first-order valence-electron chi connectivity index (χ1n) is 6.70. The van der Waals surface area contributed by atoms with Gasteiger partial charge < -0.3 is 19.5 Å². The molecule has 1 N–H and O–H groups in total. The molecule has 1 aromatic heterocycles. The van der Waals surface area contributed by atoms with Crippen molar-refractivity contribution in [3.63, 3.8) is 0 Å².